The molecule has 3 amide bonds. The first kappa shape index (κ1) is 19.1. The summed E-state index contributed by atoms with van der Waals surface area (Å²) in [4.78, 5) is 29.1. The van der Waals surface area contributed by atoms with Gasteiger partial charge in [0.15, 0.2) is 0 Å². The molecule has 2 aliphatic heterocycles. The number of carbonyl (C=O) groups excluding carboxylic acids is 2. The van der Waals surface area contributed by atoms with Crippen LogP contribution in [0.3, 0.4) is 0 Å². The van der Waals surface area contributed by atoms with Gasteiger partial charge < -0.3 is 4.90 Å². The van der Waals surface area contributed by atoms with Crippen molar-refractivity contribution in [3.63, 3.8) is 0 Å². The molecule has 0 aliphatic carbocycles. The van der Waals surface area contributed by atoms with Gasteiger partial charge in [-0.2, -0.15) is 0 Å². The van der Waals surface area contributed by atoms with Crippen molar-refractivity contribution in [2.24, 2.45) is 0 Å². The van der Waals surface area contributed by atoms with Crippen molar-refractivity contribution < 1.29 is 18.0 Å². The van der Waals surface area contributed by atoms with Gasteiger partial charge in [0.05, 0.1) is 12.4 Å². The maximum absolute atomic E-state index is 12.3. The van der Waals surface area contributed by atoms with Crippen molar-refractivity contribution in [2.45, 2.75) is 52.1 Å². The summed E-state index contributed by atoms with van der Waals surface area (Å²) in [5, 5.41) is 0. The summed E-state index contributed by atoms with van der Waals surface area (Å²) in [6.45, 7) is 7.46. The number of imide groups is 1. The van der Waals surface area contributed by atoms with E-state index in [1.807, 2.05) is 20.8 Å². The van der Waals surface area contributed by atoms with Gasteiger partial charge in [0.25, 0.3) is 5.91 Å². The van der Waals surface area contributed by atoms with Gasteiger partial charge in [-0.05, 0) is 33.1 Å². The number of piperidine rings is 1. The molecule has 138 valence electrons. The molecular weight excluding hydrogens is 332 g/mol. The maximum atomic E-state index is 12.3. The molecule has 0 atom stereocenters. The smallest absolute Gasteiger partial charge is 0.302 e. The molecule has 2 fully saturated rings. The fraction of sp³-hybridized carbons (Fsp3) is 0.867. The van der Waals surface area contributed by atoms with Crippen LogP contribution in [0.2, 0.25) is 0 Å². The normalized spacial score (nSPS) is 21.3. The Morgan fingerprint density at radius 2 is 1.83 bits per heavy atom. The number of nitrogens with one attached hydrogen (secondary N) is 1. The number of nitrogens with zero attached hydrogens (tertiary/aromatic N) is 3. The monoisotopic (exact) mass is 360 g/mol. The van der Waals surface area contributed by atoms with Gasteiger partial charge in [0, 0.05) is 25.2 Å². The minimum absolute atomic E-state index is 0.0409. The molecule has 2 rings (SSSR count). The Kier molecular flexibility index (Phi) is 6.22. The van der Waals surface area contributed by atoms with E-state index in [-0.39, 0.29) is 36.3 Å². The molecule has 0 bridgehead atoms. The van der Waals surface area contributed by atoms with Crippen molar-refractivity contribution in [1.29, 1.82) is 0 Å². The number of carbonyl (C=O) groups is 2. The van der Waals surface area contributed by atoms with Crippen LogP contribution < -0.4 is 4.72 Å². The van der Waals surface area contributed by atoms with Crippen LogP contribution in [0, 0.1) is 0 Å². The fourth-order valence-corrected chi connectivity index (χ4v) is 4.60. The third-order valence-corrected chi connectivity index (χ3v) is 6.00. The average Bonchev–Trinajstić information content (AvgIpc) is 2.75. The SMILES string of the molecule is CCCS(=O)(=O)NC1CCN(CN2CC(=O)N(C(C)C)C2=O)CC1. The second-order valence-electron chi connectivity index (χ2n) is 6.81. The minimum Gasteiger partial charge on any atom is -0.302 e. The quantitative estimate of drug-likeness (QED) is 0.664. The average molecular weight is 360 g/mol. The van der Waals surface area contributed by atoms with Crippen molar-refractivity contribution in [3.05, 3.63) is 0 Å². The zero-order valence-electron chi connectivity index (χ0n) is 14.7. The molecule has 2 saturated heterocycles. The number of hydrogen-bond acceptors (Lipinski definition) is 5. The summed E-state index contributed by atoms with van der Waals surface area (Å²) >= 11 is 0. The van der Waals surface area contributed by atoms with Crippen LogP contribution >= 0.6 is 0 Å². The van der Waals surface area contributed by atoms with Gasteiger partial charge in [-0.1, -0.05) is 6.92 Å². The highest BCUT2D eigenvalue weighted by atomic mass is 32.2. The maximum Gasteiger partial charge on any atom is 0.328 e. The predicted octanol–water partition coefficient (Wildman–Crippen LogP) is 0.410. The molecule has 2 aliphatic rings. The first-order valence-corrected chi connectivity index (χ1v) is 10.2. The van der Waals surface area contributed by atoms with Crippen LogP contribution in [0.1, 0.15) is 40.0 Å². The standard InChI is InChI=1S/C15H28N4O4S/c1-4-9-24(22,23)16-13-5-7-17(8-6-13)11-18-10-14(20)19(12(2)3)15(18)21/h12-13,16H,4-11H2,1-3H3. The largest absolute Gasteiger partial charge is 0.328 e. The summed E-state index contributed by atoms with van der Waals surface area (Å²) in [6.07, 6.45) is 2.03. The summed E-state index contributed by atoms with van der Waals surface area (Å²) in [6, 6.07) is -0.407. The van der Waals surface area contributed by atoms with Gasteiger partial charge in [0.1, 0.15) is 6.54 Å². The van der Waals surface area contributed by atoms with E-state index in [0.717, 1.165) is 0 Å². The van der Waals surface area contributed by atoms with Crippen LogP contribution in [-0.4, -0.2) is 79.2 Å². The van der Waals surface area contributed by atoms with Crippen LogP contribution in [0.4, 0.5) is 4.79 Å². The van der Waals surface area contributed by atoms with Crippen molar-refractivity contribution in [1.82, 2.24) is 19.4 Å². The Morgan fingerprint density at radius 3 is 2.33 bits per heavy atom. The highest BCUT2D eigenvalue weighted by Gasteiger charge is 2.38. The molecule has 1 N–H and O–H groups in total. The lowest BCUT2D eigenvalue weighted by Crippen LogP contribution is -2.49. The van der Waals surface area contributed by atoms with Crippen LogP contribution in [0.25, 0.3) is 0 Å². The second-order valence-corrected chi connectivity index (χ2v) is 8.68. The van der Waals surface area contributed by atoms with Gasteiger partial charge in [-0.3, -0.25) is 14.6 Å². The van der Waals surface area contributed by atoms with Gasteiger partial charge in [-0.25, -0.2) is 17.9 Å². The molecule has 2 heterocycles. The molecule has 9 heteroatoms. The molecule has 0 spiro atoms. The van der Waals surface area contributed by atoms with E-state index < -0.39 is 10.0 Å². The summed E-state index contributed by atoms with van der Waals surface area (Å²) in [7, 11) is -3.19. The Bertz CT molecular complexity index is 570. The fourth-order valence-electron chi connectivity index (χ4n) is 3.20. The Labute approximate surface area is 144 Å². The third-order valence-electron chi connectivity index (χ3n) is 4.37. The molecule has 8 nitrogen and oxygen atoms in total. The van der Waals surface area contributed by atoms with Crippen LogP contribution in [0.5, 0.6) is 0 Å². The summed E-state index contributed by atoms with van der Waals surface area (Å²) < 4.78 is 26.4. The summed E-state index contributed by atoms with van der Waals surface area (Å²) in [5.41, 5.74) is 0. The number of rotatable bonds is 7. The topological polar surface area (TPSA) is 90.0 Å². The number of amides is 3. The predicted molar refractivity (Wildman–Crippen MR) is 90.8 cm³/mol. The van der Waals surface area contributed by atoms with E-state index in [1.165, 1.54) is 4.90 Å². The highest BCUT2D eigenvalue weighted by Crippen LogP contribution is 2.17. The van der Waals surface area contributed by atoms with Gasteiger partial charge in [0.2, 0.25) is 10.0 Å². The highest BCUT2D eigenvalue weighted by molar-refractivity contribution is 7.89. The molecule has 0 aromatic carbocycles. The first-order chi connectivity index (χ1) is 11.2. The Morgan fingerprint density at radius 1 is 1.21 bits per heavy atom. The van der Waals surface area contributed by atoms with E-state index in [4.69, 9.17) is 0 Å². The Hall–Kier alpha value is -1.19. The third kappa shape index (κ3) is 4.67. The van der Waals surface area contributed by atoms with Gasteiger partial charge >= 0.3 is 6.03 Å². The molecule has 0 saturated carbocycles. The van der Waals surface area contributed by atoms with Crippen molar-refractivity contribution >= 4 is 22.0 Å². The molecule has 0 unspecified atom stereocenters. The van der Waals surface area contributed by atoms with E-state index in [1.54, 1.807) is 4.90 Å². The number of urea groups is 1. The lowest BCUT2D eigenvalue weighted by atomic mass is 10.1. The lowest BCUT2D eigenvalue weighted by molar-refractivity contribution is -0.126. The zero-order chi connectivity index (χ0) is 17.9. The first-order valence-electron chi connectivity index (χ1n) is 8.57. The molecule has 0 aromatic rings. The van der Waals surface area contributed by atoms with Crippen molar-refractivity contribution in [3.8, 4) is 0 Å². The molecular formula is C15H28N4O4S. The number of likely N-dealkylation sites (tertiary alicyclic amines) is 1. The molecule has 0 radical (unpaired) electrons. The van der Waals surface area contributed by atoms with E-state index in [2.05, 4.69) is 9.62 Å². The summed E-state index contributed by atoms with van der Waals surface area (Å²) in [5.74, 6) is 0.0000395. The van der Waals surface area contributed by atoms with Gasteiger partial charge in [-0.15, -0.1) is 0 Å². The van der Waals surface area contributed by atoms with E-state index in [9.17, 15) is 18.0 Å². The van der Waals surface area contributed by atoms with E-state index >= 15 is 0 Å². The lowest BCUT2D eigenvalue weighted by Gasteiger charge is -2.34. The second kappa shape index (κ2) is 7.79. The molecule has 24 heavy (non-hydrogen) atoms. The molecule has 0 aromatic heterocycles. The minimum atomic E-state index is -3.19. The van der Waals surface area contributed by atoms with E-state index in [0.29, 0.717) is 39.0 Å². The van der Waals surface area contributed by atoms with Crippen LogP contribution in [0.15, 0.2) is 0 Å². The Balaban J connectivity index is 1.82. The van der Waals surface area contributed by atoms with Crippen LogP contribution in [-0.2, 0) is 14.8 Å². The zero-order valence-corrected chi connectivity index (χ0v) is 15.5. The van der Waals surface area contributed by atoms with Crippen molar-refractivity contribution in [2.75, 3.05) is 32.1 Å². The number of sulfonamides is 1. The number of hydrogen-bond donors (Lipinski definition) is 1.